The van der Waals surface area contributed by atoms with Crippen LogP contribution in [0.15, 0.2) is 103 Å². The molecule has 1 amide bonds. The summed E-state index contributed by atoms with van der Waals surface area (Å²) in [7, 11) is 0. The van der Waals surface area contributed by atoms with Crippen LogP contribution >= 0.6 is 11.6 Å². The van der Waals surface area contributed by atoms with Crippen LogP contribution < -0.4 is 10.2 Å². The maximum Gasteiger partial charge on any atom is 0.238 e. The van der Waals surface area contributed by atoms with E-state index in [1.165, 1.54) is 0 Å². The summed E-state index contributed by atoms with van der Waals surface area (Å²) in [5.74, 6) is -1.37. The number of ketones is 2. The fourth-order valence-corrected chi connectivity index (χ4v) is 7.63. The monoisotopic (exact) mass is 586 g/mol. The lowest BCUT2D eigenvalue weighted by Crippen LogP contribution is -2.51. The molecule has 0 unspecified atom stereocenters. The van der Waals surface area contributed by atoms with Gasteiger partial charge in [-0.15, -0.1) is 0 Å². The van der Waals surface area contributed by atoms with E-state index in [4.69, 9.17) is 11.6 Å². The molecule has 7 rings (SSSR count). The van der Waals surface area contributed by atoms with E-state index in [2.05, 4.69) is 19.2 Å². The predicted octanol–water partition coefficient (Wildman–Crippen LogP) is 7.39. The van der Waals surface area contributed by atoms with Crippen molar-refractivity contribution in [2.75, 3.05) is 10.2 Å². The van der Waals surface area contributed by atoms with Gasteiger partial charge in [-0.25, -0.2) is 0 Å². The van der Waals surface area contributed by atoms with Crippen molar-refractivity contribution in [1.82, 2.24) is 0 Å². The van der Waals surface area contributed by atoms with Crippen LogP contribution in [0.3, 0.4) is 0 Å². The van der Waals surface area contributed by atoms with E-state index >= 15 is 0 Å². The number of para-hydroxylation sites is 2. The highest BCUT2D eigenvalue weighted by Crippen LogP contribution is 2.58. The number of anilines is 2. The lowest BCUT2D eigenvalue weighted by atomic mass is 9.64. The number of nitrogens with zero attached hydrogens (tertiary/aromatic N) is 1. The van der Waals surface area contributed by atoms with Crippen molar-refractivity contribution in [2.24, 2.45) is 11.8 Å². The van der Waals surface area contributed by atoms with Crippen molar-refractivity contribution in [2.45, 2.75) is 37.8 Å². The summed E-state index contributed by atoms with van der Waals surface area (Å²) in [6.45, 7) is 4.31. The highest BCUT2D eigenvalue weighted by atomic mass is 35.5. The minimum atomic E-state index is -1.35. The van der Waals surface area contributed by atoms with Crippen LogP contribution in [-0.2, 0) is 16.6 Å². The molecule has 3 aliphatic heterocycles. The molecule has 0 radical (unpaired) electrons. The van der Waals surface area contributed by atoms with Gasteiger partial charge < -0.3 is 10.2 Å². The number of benzene rings is 4. The standard InChI is InChI=1S/C37H31ClN2O3/c1-22(2)21-23-15-17-25(18-16-23)34(41)32-33(35(42)26-10-4-6-12-28(26)38)40-30-14-8-3-9-24(30)19-20-31(40)37(32)27-11-5-7-13-29(27)39-36(37)43/h3-20,22,31-33H,21H2,1-2H3,(H,39,43)/t31-,32-,33+,37+/m1/s1. The Morgan fingerprint density at radius 3 is 2.35 bits per heavy atom. The van der Waals surface area contributed by atoms with Gasteiger partial charge in [0.15, 0.2) is 11.6 Å². The number of Topliss-reactive ketones (excluding diaryl/α,β-unsaturated/α-hetero) is 2. The molecule has 1 saturated heterocycles. The Morgan fingerprint density at radius 1 is 0.884 bits per heavy atom. The van der Waals surface area contributed by atoms with Gasteiger partial charge in [-0.2, -0.15) is 0 Å². The van der Waals surface area contributed by atoms with E-state index in [1.54, 1.807) is 24.3 Å². The summed E-state index contributed by atoms with van der Waals surface area (Å²) in [6.07, 6.45) is 4.87. The highest BCUT2D eigenvalue weighted by molar-refractivity contribution is 6.34. The number of hydrogen-bond acceptors (Lipinski definition) is 4. The smallest absolute Gasteiger partial charge is 0.238 e. The van der Waals surface area contributed by atoms with Gasteiger partial charge in [0.1, 0.15) is 11.5 Å². The van der Waals surface area contributed by atoms with Crippen molar-refractivity contribution >= 4 is 46.5 Å². The van der Waals surface area contributed by atoms with Crippen LogP contribution in [0.25, 0.3) is 6.08 Å². The van der Waals surface area contributed by atoms with Crippen LogP contribution in [0.4, 0.5) is 11.4 Å². The molecule has 6 heteroatoms. The second-order valence-corrected chi connectivity index (χ2v) is 12.5. The Balaban J connectivity index is 1.49. The first-order valence-corrected chi connectivity index (χ1v) is 15.1. The predicted molar refractivity (Wildman–Crippen MR) is 171 cm³/mol. The van der Waals surface area contributed by atoms with E-state index in [1.807, 2.05) is 89.8 Å². The van der Waals surface area contributed by atoms with Gasteiger partial charge in [-0.1, -0.05) is 110 Å². The van der Waals surface area contributed by atoms with E-state index < -0.39 is 23.4 Å². The zero-order valence-corrected chi connectivity index (χ0v) is 24.7. The second kappa shape index (κ2) is 10.4. The molecule has 5 nitrogen and oxygen atoms in total. The van der Waals surface area contributed by atoms with E-state index in [-0.39, 0.29) is 17.5 Å². The molecule has 0 saturated carbocycles. The highest BCUT2D eigenvalue weighted by Gasteiger charge is 2.70. The van der Waals surface area contributed by atoms with Crippen molar-refractivity contribution in [3.05, 3.63) is 136 Å². The Bertz CT molecular complexity index is 1810. The lowest BCUT2D eigenvalue weighted by Gasteiger charge is -2.37. The second-order valence-electron chi connectivity index (χ2n) is 12.1. The van der Waals surface area contributed by atoms with Crippen molar-refractivity contribution < 1.29 is 14.4 Å². The third kappa shape index (κ3) is 4.09. The third-order valence-electron chi connectivity index (χ3n) is 9.11. The van der Waals surface area contributed by atoms with Crippen molar-refractivity contribution in [1.29, 1.82) is 0 Å². The van der Waals surface area contributed by atoms with Gasteiger partial charge in [0, 0.05) is 22.5 Å². The van der Waals surface area contributed by atoms with Crippen LogP contribution in [0.5, 0.6) is 0 Å². The number of halogens is 1. The number of nitrogens with one attached hydrogen (secondary N) is 1. The van der Waals surface area contributed by atoms with Crippen LogP contribution in [0.1, 0.15) is 51.3 Å². The maximum atomic E-state index is 15.0. The number of amides is 1. The molecule has 214 valence electrons. The summed E-state index contributed by atoms with van der Waals surface area (Å²) >= 11 is 6.62. The summed E-state index contributed by atoms with van der Waals surface area (Å²) in [6, 6.07) is 28.3. The Labute approximate surface area is 256 Å². The van der Waals surface area contributed by atoms with Gasteiger partial charge in [0.25, 0.3) is 0 Å². The van der Waals surface area contributed by atoms with Crippen LogP contribution in [0.2, 0.25) is 5.02 Å². The van der Waals surface area contributed by atoms with E-state index in [9.17, 15) is 14.4 Å². The van der Waals surface area contributed by atoms with Crippen molar-refractivity contribution in [3.8, 4) is 0 Å². The van der Waals surface area contributed by atoms with Crippen LogP contribution in [-0.4, -0.2) is 29.6 Å². The number of rotatable bonds is 6. The summed E-state index contributed by atoms with van der Waals surface area (Å²) in [5, 5.41) is 3.39. The molecule has 3 aliphatic rings. The molecule has 43 heavy (non-hydrogen) atoms. The van der Waals surface area contributed by atoms with Crippen molar-refractivity contribution in [3.63, 3.8) is 0 Å². The molecular formula is C37H31ClN2O3. The molecule has 1 fully saturated rings. The first-order chi connectivity index (χ1) is 20.8. The largest absolute Gasteiger partial charge is 0.352 e. The topological polar surface area (TPSA) is 66.5 Å². The summed E-state index contributed by atoms with van der Waals surface area (Å²) in [5.41, 5.74) is 3.70. The number of carbonyl (C=O) groups excluding carboxylic acids is 3. The fourth-order valence-electron chi connectivity index (χ4n) is 7.40. The van der Waals surface area contributed by atoms with E-state index in [0.29, 0.717) is 27.8 Å². The summed E-state index contributed by atoms with van der Waals surface area (Å²) in [4.78, 5) is 46.2. The number of hydrogen-bond donors (Lipinski definition) is 1. The van der Waals surface area contributed by atoms with Crippen LogP contribution in [0, 0.1) is 11.8 Å². The first kappa shape index (κ1) is 27.4. The average molecular weight is 587 g/mol. The molecule has 0 aromatic heterocycles. The number of carbonyl (C=O) groups is 3. The zero-order valence-electron chi connectivity index (χ0n) is 24.0. The molecule has 1 N–H and O–H groups in total. The molecule has 0 aliphatic carbocycles. The average Bonchev–Trinajstić information content (AvgIpc) is 3.49. The van der Waals surface area contributed by atoms with Gasteiger partial charge in [-0.05, 0) is 53.3 Å². The SMILES string of the molecule is CC(C)Cc1ccc(C(=O)[C@H]2[C@@H](C(=O)c3ccccc3Cl)N3c4ccccc4C=C[C@@H]3[C@]23C(=O)Nc2ccccc23)cc1. The zero-order chi connectivity index (χ0) is 29.9. The summed E-state index contributed by atoms with van der Waals surface area (Å²) < 4.78 is 0. The van der Waals surface area contributed by atoms with Gasteiger partial charge in [0.2, 0.25) is 5.91 Å². The quantitative estimate of drug-likeness (QED) is 0.239. The number of fused-ring (bicyclic) bond motifs is 6. The molecule has 4 aromatic rings. The molecule has 0 bridgehead atoms. The Hall–Kier alpha value is -4.48. The Kier molecular flexibility index (Phi) is 6.59. The van der Waals surface area contributed by atoms with Gasteiger partial charge in [0.05, 0.1) is 17.0 Å². The van der Waals surface area contributed by atoms with Gasteiger partial charge >= 0.3 is 0 Å². The lowest BCUT2D eigenvalue weighted by molar-refractivity contribution is -0.121. The first-order valence-electron chi connectivity index (χ1n) is 14.7. The fraction of sp³-hybridized carbons (Fsp3) is 0.216. The molecule has 1 spiro atoms. The normalized spacial score (nSPS) is 23.2. The maximum absolute atomic E-state index is 15.0. The molecule has 4 atom stereocenters. The molecule has 3 heterocycles. The minimum absolute atomic E-state index is 0.242. The Morgan fingerprint density at radius 2 is 1.58 bits per heavy atom. The van der Waals surface area contributed by atoms with Gasteiger partial charge in [-0.3, -0.25) is 14.4 Å². The van der Waals surface area contributed by atoms with E-state index in [0.717, 1.165) is 28.8 Å². The minimum Gasteiger partial charge on any atom is -0.352 e. The molecule has 4 aromatic carbocycles. The third-order valence-corrected chi connectivity index (χ3v) is 9.44. The molecular weight excluding hydrogens is 556 g/mol.